The molecule has 1 N–H and O–H groups in total. The van der Waals surface area contributed by atoms with Gasteiger partial charge in [0.15, 0.2) is 0 Å². The minimum absolute atomic E-state index is 0.0191. The lowest BCUT2D eigenvalue weighted by molar-refractivity contribution is -0.139. The van der Waals surface area contributed by atoms with Crippen molar-refractivity contribution in [2.24, 2.45) is 0 Å². The van der Waals surface area contributed by atoms with Crippen LogP contribution in [0.4, 0.5) is 11.5 Å². The Hall–Kier alpha value is -4.76. The topological polar surface area (TPSA) is 141 Å². The molecule has 0 spiro atoms. The van der Waals surface area contributed by atoms with Crippen LogP contribution >= 0.6 is 0 Å². The van der Waals surface area contributed by atoms with Gasteiger partial charge < -0.3 is 14.4 Å². The van der Waals surface area contributed by atoms with E-state index >= 15 is 0 Å². The lowest BCUT2D eigenvalue weighted by atomic mass is 10.2. The number of nitrogens with zero attached hydrogens (tertiary/aromatic N) is 6. The van der Waals surface area contributed by atoms with Gasteiger partial charge in [0.05, 0.1) is 16.0 Å². The molecule has 0 bridgehead atoms. The van der Waals surface area contributed by atoms with E-state index in [4.69, 9.17) is 0 Å². The summed E-state index contributed by atoms with van der Waals surface area (Å²) in [6, 6.07) is 16.3. The summed E-state index contributed by atoms with van der Waals surface area (Å²) >= 11 is 0. The minimum Gasteiger partial charge on any atom is -0.334 e. The van der Waals surface area contributed by atoms with E-state index in [0.29, 0.717) is 17.8 Å². The van der Waals surface area contributed by atoms with Crippen LogP contribution in [0.1, 0.15) is 18.5 Å². The highest BCUT2D eigenvalue weighted by Crippen LogP contribution is 2.26. The van der Waals surface area contributed by atoms with Crippen molar-refractivity contribution in [2.45, 2.75) is 17.9 Å². The summed E-state index contributed by atoms with van der Waals surface area (Å²) in [5.74, 6) is -0.354. The predicted octanol–water partition coefficient (Wildman–Crippen LogP) is 2.54. The summed E-state index contributed by atoms with van der Waals surface area (Å²) in [6.45, 7) is 2.22. The molecule has 1 atom stereocenters. The molecule has 11 nitrogen and oxygen atoms in total. The van der Waals surface area contributed by atoms with Crippen LogP contribution in [-0.2, 0) is 19.6 Å². The summed E-state index contributed by atoms with van der Waals surface area (Å²) in [4.78, 5) is 37.0. The van der Waals surface area contributed by atoms with Gasteiger partial charge in [0, 0.05) is 36.6 Å². The second kappa shape index (κ2) is 9.95. The molecule has 0 aliphatic carbocycles. The first-order valence-electron chi connectivity index (χ1n) is 11.8. The molecule has 4 aromatic rings. The third-order valence-corrected chi connectivity index (χ3v) is 7.82. The monoisotopic (exact) mass is 529 g/mol. The molecular formula is C26H23N7O4S. The van der Waals surface area contributed by atoms with Crippen molar-refractivity contribution in [1.29, 1.82) is 5.26 Å². The lowest BCUT2D eigenvalue weighted by Gasteiger charge is -2.35. The summed E-state index contributed by atoms with van der Waals surface area (Å²) in [7, 11) is -3.87. The van der Waals surface area contributed by atoms with E-state index < -0.39 is 16.1 Å². The molecule has 2 amide bonds. The van der Waals surface area contributed by atoms with Gasteiger partial charge in [0.1, 0.15) is 30.8 Å². The Kier molecular flexibility index (Phi) is 6.52. The van der Waals surface area contributed by atoms with Crippen molar-refractivity contribution in [2.75, 3.05) is 29.3 Å². The third-order valence-electron chi connectivity index (χ3n) is 6.45. The van der Waals surface area contributed by atoms with Crippen molar-refractivity contribution in [3.63, 3.8) is 0 Å². The largest absolute Gasteiger partial charge is 0.334 e. The van der Waals surface area contributed by atoms with Gasteiger partial charge in [0.2, 0.25) is 11.8 Å². The molecule has 5 rings (SSSR count). The highest BCUT2D eigenvalue weighted by molar-refractivity contribution is 7.92. The zero-order valence-electron chi connectivity index (χ0n) is 20.4. The summed E-state index contributed by atoms with van der Waals surface area (Å²) in [5, 5.41) is 10.2. The Morgan fingerprint density at radius 3 is 2.55 bits per heavy atom. The number of sulfonamides is 1. The smallest absolute Gasteiger partial charge is 0.263 e. The van der Waals surface area contributed by atoms with Crippen molar-refractivity contribution in [3.05, 3.63) is 78.9 Å². The number of anilines is 2. The summed E-state index contributed by atoms with van der Waals surface area (Å²) < 4.78 is 29.4. The molecule has 192 valence electrons. The van der Waals surface area contributed by atoms with E-state index in [1.165, 1.54) is 40.5 Å². The van der Waals surface area contributed by atoms with Crippen LogP contribution in [0.5, 0.6) is 0 Å². The zero-order chi connectivity index (χ0) is 26.9. The number of carbonyl (C=O) groups is 2. The molecule has 2 aromatic carbocycles. The van der Waals surface area contributed by atoms with E-state index in [9.17, 15) is 23.3 Å². The van der Waals surface area contributed by atoms with Crippen LogP contribution in [0.25, 0.3) is 10.9 Å². The number of aromatic nitrogens is 3. The molecule has 1 unspecified atom stereocenters. The number of para-hydroxylation sites is 1. The molecule has 1 saturated heterocycles. The second-order valence-electron chi connectivity index (χ2n) is 8.75. The van der Waals surface area contributed by atoms with Crippen LogP contribution in [0.2, 0.25) is 0 Å². The number of nitrogens with one attached hydrogen (secondary N) is 1. The third kappa shape index (κ3) is 4.67. The molecule has 0 radical (unpaired) electrons. The van der Waals surface area contributed by atoms with Crippen LogP contribution in [0, 0.1) is 11.3 Å². The Morgan fingerprint density at radius 1 is 1.11 bits per heavy atom. The van der Waals surface area contributed by atoms with Crippen molar-refractivity contribution in [3.8, 4) is 6.07 Å². The van der Waals surface area contributed by atoms with Gasteiger partial charge in [-0.25, -0.2) is 18.4 Å². The van der Waals surface area contributed by atoms with Crippen LogP contribution in [-0.4, -0.2) is 59.3 Å². The second-order valence-corrected chi connectivity index (χ2v) is 10.4. The molecular weight excluding hydrogens is 506 g/mol. The average molecular weight is 530 g/mol. The molecule has 2 aromatic heterocycles. The molecule has 0 saturated carbocycles. The molecule has 12 heteroatoms. The fraction of sp³-hybridized carbons (Fsp3) is 0.192. The maximum Gasteiger partial charge on any atom is 0.263 e. The maximum atomic E-state index is 13.3. The number of hydrogen-bond donors (Lipinski definition) is 1. The van der Waals surface area contributed by atoms with Crippen molar-refractivity contribution >= 4 is 44.2 Å². The zero-order valence-corrected chi connectivity index (χ0v) is 21.2. The van der Waals surface area contributed by atoms with E-state index in [-0.39, 0.29) is 35.6 Å². The molecule has 1 fully saturated rings. The number of nitriles is 1. The standard InChI is InChI=1S/C26H23N7O4S/c1-18(33-15-19(14-27)22-4-2-3-5-23(22)33)26(35)31-12-13-32(25(34)16-31)20-6-8-21(9-7-20)38(36,37)30-24-10-11-28-17-29-24/h2-11,15,17-18H,12-13,16H2,1H3,(H,28,29,30). The number of amides is 2. The van der Waals surface area contributed by atoms with Gasteiger partial charge in [-0.2, -0.15) is 5.26 Å². The van der Waals surface area contributed by atoms with Gasteiger partial charge in [-0.05, 0) is 43.3 Å². The molecule has 1 aliphatic heterocycles. The van der Waals surface area contributed by atoms with Gasteiger partial charge in [-0.1, -0.05) is 18.2 Å². The maximum absolute atomic E-state index is 13.3. The fourth-order valence-electron chi connectivity index (χ4n) is 4.48. The molecule has 38 heavy (non-hydrogen) atoms. The number of rotatable bonds is 6. The van der Waals surface area contributed by atoms with Crippen LogP contribution < -0.4 is 9.62 Å². The van der Waals surface area contributed by atoms with Gasteiger partial charge in [-0.3, -0.25) is 14.3 Å². The Bertz CT molecular complexity index is 1660. The molecule has 1 aliphatic rings. The Morgan fingerprint density at radius 2 is 1.87 bits per heavy atom. The molecule has 3 heterocycles. The first kappa shape index (κ1) is 24.9. The SMILES string of the molecule is CC(C(=O)N1CCN(c2ccc(S(=O)(=O)Nc3ccncn3)cc2)C(=O)C1)n1cc(C#N)c2ccccc21. The van der Waals surface area contributed by atoms with E-state index in [1.54, 1.807) is 29.8 Å². The summed E-state index contributed by atoms with van der Waals surface area (Å²) in [6.07, 6.45) is 4.33. The average Bonchev–Trinajstić information content (AvgIpc) is 3.31. The van der Waals surface area contributed by atoms with E-state index in [1.807, 2.05) is 24.3 Å². The van der Waals surface area contributed by atoms with Crippen LogP contribution in [0.15, 0.2) is 78.2 Å². The van der Waals surface area contributed by atoms with E-state index in [0.717, 1.165) is 10.9 Å². The number of fused-ring (bicyclic) bond motifs is 1. The normalized spacial score (nSPS) is 14.8. The van der Waals surface area contributed by atoms with Crippen molar-refractivity contribution < 1.29 is 18.0 Å². The van der Waals surface area contributed by atoms with Gasteiger partial charge in [0.25, 0.3) is 10.0 Å². The summed E-state index contributed by atoms with van der Waals surface area (Å²) in [5.41, 5.74) is 1.80. The number of carbonyl (C=O) groups excluding carboxylic acids is 2. The first-order chi connectivity index (χ1) is 18.3. The highest BCUT2D eigenvalue weighted by Gasteiger charge is 2.31. The van der Waals surface area contributed by atoms with Crippen LogP contribution in [0.3, 0.4) is 0 Å². The Labute approximate surface area is 219 Å². The van der Waals surface area contributed by atoms with E-state index in [2.05, 4.69) is 20.8 Å². The quantitative estimate of drug-likeness (QED) is 0.405. The van der Waals surface area contributed by atoms with Gasteiger partial charge in [-0.15, -0.1) is 0 Å². The Balaban J connectivity index is 1.27. The number of piperazine rings is 1. The highest BCUT2D eigenvalue weighted by atomic mass is 32.2. The number of hydrogen-bond acceptors (Lipinski definition) is 7. The lowest BCUT2D eigenvalue weighted by Crippen LogP contribution is -2.53. The fourth-order valence-corrected chi connectivity index (χ4v) is 5.49. The predicted molar refractivity (Wildman–Crippen MR) is 140 cm³/mol. The first-order valence-corrected chi connectivity index (χ1v) is 13.2. The minimum atomic E-state index is -3.87. The van der Waals surface area contributed by atoms with Crippen molar-refractivity contribution in [1.82, 2.24) is 19.4 Å². The van der Waals surface area contributed by atoms with Gasteiger partial charge >= 0.3 is 0 Å². The number of benzene rings is 2.